The molecule has 2 aromatic rings. The maximum Gasteiger partial charge on any atom is 0.419 e. The monoisotopic (exact) mass is 481 g/mol. The second-order valence-electron chi connectivity index (χ2n) is 8.63. The lowest BCUT2D eigenvalue weighted by Crippen LogP contribution is -2.42. The van der Waals surface area contributed by atoms with Gasteiger partial charge in [-0.2, -0.15) is 13.2 Å². The van der Waals surface area contributed by atoms with Crippen LogP contribution in [0.1, 0.15) is 44.1 Å². The van der Waals surface area contributed by atoms with E-state index in [1.165, 1.54) is 29.3 Å². The number of aromatic nitrogens is 1. The summed E-state index contributed by atoms with van der Waals surface area (Å²) in [5.74, 6) is -1.07. The van der Waals surface area contributed by atoms with E-state index in [9.17, 15) is 26.4 Å². The predicted molar refractivity (Wildman–Crippen MR) is 119 cm³/mol. The average Bonchev–Trinajstić information content (AvgIpc) is 3.35. The highest BCUT2D eigenvalue weighted by Gasteiger charge is 2.37. The minimum Gasteiger partial charge on any atom is -0.355 e. The molecule has 2 heterocycles. The lowest BCUT2D eigenvalue weighted by molar-refractivity contribution is -0.137. The number of rotatable bonds is 5. The van der Waals surface area contributed by atoms with Crippen LogP contribution in [0.2, 0.25) is 0 Å². The van der Waals surface area contributed by atoms with Gasteiger partial charge in [0.2, 0.25) is 5.91 Å². The number of halogens is 3. The number of hydrogen-bond acceptors (Lipinski definition) is 5. The Morgan fingerprint density at radius 3 is 2.55 bits per heavy atom. The number of pyridine rings is 1. The van der Waals surface area contributed by atoms with Crippen molar-refractivity contribution in [3.63, 3.8) is 0 Å². The third-order valence-corrected chi connectivity index (χ3v) is 8.62. The number of carbonyl (C=O) groups excluding carboxylic acids is 1. The summed E-state index contributed by atoms with van der Waals surface area (Å²) in [5.41, 5.74) is -0.458. The fourth-order valence-electron chi connectivity index (χ4n) is 4.64. The van der Waals surface area contributed by atoms with Crippen LogP contribution in [0.15, 0.2) is 47.5 Å². The number of nitrogens with zero attached hydrogens (tertiary/aromatic N) is 2. The Bertz CT molecular complexity index is 1120. The van der Waals surface area contributed by atoms with E-state index in [1.807, 2.05) is 0 Å². The number of carbonyl (C=O) groups is 1. The molecule has 178 valence electrons. The molecule has 1 aliphatic heterocycles. The number of hydrogen-bond donors (Lipinski definition) is 1. The quantitative estimate of drug-likeness (QED) is 0.671. The largest absolute Gasteiger partial charge is 0.419 e. The number of nitrogens with one attached hydrogen (secondary N) is 1. The van der Waals surface area contributed by atoms with Crippen molar-refractivity contribution in [2.45, 2.75) is 54.8 Å². The minimum absolute atomic E-state index is 0.103. The summed E-state index contributed by atoms with van der Waals surface area (Å²) in [6, 6.07) is 8.44. The molecule has 1 aromatic heterocycles. The molecule has 1 aromatic carbocycles. The zero-order chi connectivity index (χ0) is 23.6. The molecule has 1 amide bonds. The summed E-state index contributed by atoms with van der Waals surface area (Å²) in [6.45, 7) is 0.477. The standard InChI is InChI=1S/C23H26F3N3O3S/c24-23(25,26)20-11-4-12-27-21(20)29-13-5-6-16(15-29)22(30)28-17-7-3-10-19(14-17)33(31,32)18-8-1-2-9-18/h3-4,7,10-12,14,16,18H,1-2,5-6,8-9,13,15H2,(H,28,30). The average molecular weight is 482 g/mol. The third-order valence-electron chi connectivity index (χ3n) is 6.35. The molecule has 1 N–H and O–H groups in total. The first-order valence-corrected chi connectivity index (χ1v) is 12.6. The second-order valence-corrected chi connectivity index (χ2v) is 10.9. The first-order valence-electron chi connectivity index (χ1n) is 11.1. The number of anilines is 2. The van der Waals surface area contributed by atoms with Crippen molar-refractivity contribution in [2.75, 3.05) is 23.3 Å². The Morgan fingerprint density at radius 1 is 1.06 bits per heavy atom. The van der Waals surface area contributed by atoms with E-state index >= 15 is 0 Å². The van der Waals surface area contributed by atoms with Gasteiger partial charge in [-0.1, -0.05) is 18.9 Å². The molecule has 1 atom stereocenters. The molecule has 2 aliphatic rings. The van der Waals surface area contributed by atoms with E-state index in [4.69, 9.17) is 0 Å². The van der Waals surface area contributed by atoms with Crippen LogP contribution in [0.5, 0.6) is 0 Å². The van der Waals surface area contributed by atoms with Crippen molar-refractivity contribution < 1.29 is 26.4 Å². The topological polar surface area (TPSA) is 79.4 Å². The summed E-state index contributed by atoms with van der Waals surface area (Å²) >= 11 is 0. The molecule has 0 spiro atoms. The normalized spacial score (nSPS) is 20.1. The van der Waals surface area contributed by atoms with Gasteiger partial charge in [0.05, 0.1) is 21.6 Å². The fraction of sp³-hybridized carbons (Fsp3) is 0.478. The van der Waals surface area contributed by atoms with Gasteiger partial charge < -0.3 is 10.2 Å². The van der Waals surface area contributed by atoms with Crippen molar-refractivity contribution in [2.24, 2.45) is 5.92 Å². The molecule has 0 bridgehead atoms. The maximum absolute atomic E-state index is 13.4. The Morgan fingerprint density at radius 2 is 1.82 bits per heavy atom. The third kappa shape index (κ3) is 5.15. The molecule has 33 heavy (non-hydrogen) atoms. The van der Waals surface area contributed by atoms with E-state index in [-0.39, 0.29) is 23.2 Å². The summed E-state index contributed by atoms with van der Waals surface area (Å²) < 4.78 is 65.9. The summed E-state index contributed by atoms with van der Waals surface area (Å²) in [5, 5.41) is 2.37. The number of amides is 1. The van der Waals surface area contributed by atoms with Crippen molar-refractivity contribution in [3.8, 4) is 0 Å². The molecular weight excluding hydrogens is 455 g/mol. The van der Waals surface area contributed by atoms with Gasteiger partial charge in [0.15, 0.2) is 9.84 Å². The Hall–Kier alpha value is -2.62. The zero-order valence-electron chi connectivity index (χ0n) is 18.0. The highest BCUT2D eigenvalue weighted by atomic mass is 32.2. The van der Waals surface area contributed by atoms with Crippen LogP contribution in [-0.4, -0.2) is 37.6 Å². The minimum atomic E-state index is -4.54. The number of alkyl halides is 3. The van der Waals surface area contributed by atoms with Gasteiger partial charge in [0.25, 0.3) is 0 Å². The van der Waals surface area contributed by atoms with Gasteiger partial charge in [-0.15, -0.1) is 0 Å². The molecule has 10 heteroatoms. The molecule has 1 saturated carbocycles. The Kier molecular flexibility index (Phi) is 6.65. The van der Waals surface area contributed by atoms with Crippen LogP contribution in [0.25, 0.3) is 0 Å². The number of benzene rings is 1. The maximum atomic E-state index is 13.4. The molecule has 6 nitrogen and oxygen atoms in total. The van der Waals surface area contributed by atoms with Crippen LogP contribution in [0.3, 0.4) is 0 Å². The Labute approximate surface area is 191 Å². The number of sulfone groups is 1. The van der Waals surface area contributed by atoms with Gasteiger partial charge in [-0.25, -0.2) is 13.4 Å². The summed E-state index contributed by atoms with van der Waals surface area (Å²) in [7, 11) is -3.46. The first kappa shape index (κ1) is 23.5. The van der Waals surface area contributed by atoms with Crippen LogP contribution in [0.4, 0.5) is 24.7 Å². The van der Waals surface area contributed by atoms with E-state index in [0.29, 0.717) is 37.9 Å². The van der Waals surface area contributed by atoms with E-state index < -0.39 is 32.7 Å². The van der Waals surface area contributed by atoms with Crippen molar-refractivity contribution in [1.29, 1.82) is 0 Å². The highest BCUT2D eigenvalue weighted by molar-refractivity contribution is 7.92. The number of piperidine rings is 1. The summed E-state index contributed by atoms with van der Waals surface area (Å²) in [6.07, 6.45) is 0.914. The highest BCUT2D eigenvalue weighted by Crippen LogP contribution is 2.36. The molecular formula is C23H26F3N3O3S. The lowest BCUT2D eigenvalue weighted by atomic mass is 9.96. The van der Waals surface area contributed by atoms with Gasteiger partial charge >= 0.3 is 6.18 Å². The van der Waals surface area contributed by atoms with Crippen molar-refractivity contribution in [1.82, 2.24) is 4.98 Å². The first-order chi connectivity index (χ1) is 15.7. The molecule has 1 aliphatic carbocycles. The Balaban J connectivity index is 1.48. The van der Waals surface area contributed by atoms with Gasteiger partial charge in [0.1, 0.15) is 5.82 Å². The second kappa shape index (κ2) is 9.32. The SMILES string of the molecule is O=C(Nc1cccc(S(=O)(=O)C2CCCC2)c1)C1CCCN(c2ncccc2C(F)(F)F)C1. The van der Waals surface area contributed by atoms with Crippen LogP contribution in [-0.2, 0) is 20.8 Å². The van der Waals surface area contributed by atoms with Gasteiger partial charge in [-0.3, -0.25) is 4.79 Å². The van der Waals surface area contributed by atoms with E-state index in [2.05, 4.69) is 10.3 Å². The van der Waals surface area contributed by atoms with Crippen molar-refractivity contribution in [3.05, 3.63) is 48.2 Å². The van der Waals surface area contributed by atoms with Gasteiger partial charge in [0, 0.05) is 25.0 Å². The summed E-state index contributed by atoms with van der Waals surface area (Å²) in [4.78, 5) is 18.5. The zero-order valence-corrected chi connectivity index (χ0v) is 18.8. The van der Waals surface area contributed by atoms with Crippen LogP contribution < -0.4 is 10.2 Å². The molecule has 2 fully saturated rings. The molecule has 1 unspecified atom stereocenters. The molecule has 4 rings (SSSR count). The fourth-order valence-corrected chi connectivity index (χ4v) is 6.54. The molecule has 1 saturated heterocycles. The molecule has 0 radical (unpaired) electrons. The van der Waals surface area contributed by atoms with E-state index in [0.717, 1.165) is 18.9 Å². The smallest absolute Gasteiger partial charge is 0.355 e. The van der Waals surface area contributed by atoms with E-state index in [1.54, 1.807) is 12.1 Å². The van der Waals surface area contributed by atoms with Crippen LogP contribution in [0, 0.1) is 5.92 Å². The van der Waals surface area contributed by atoms with Crippen molar-refractivity contribution >= 4 is 27.2 Å². The predicted octanol–water partition coefficient (Wildman–Crippen LogP) is 4.67. The van der Waals surface area contributed by atoms with Gasteiger partial charge in [-0.05, 0) is 56.0 Å². The van der Waals surface area contributed by atoms with Crippen LogP contribution >= 0.6 is 0 Å². The lowest BCUT2D eigenvalue weighted by Gasteiger charge is -2.34.